The topological polar surface area (TPSA) is 75.2 Å². The van der Waals surface area contributed by atoms with Crippen LogP contribution < -0.4 is 10.2 Å². The van der Waals surface area contributed by atoms with Crippen LogP contribution in [0.3, 0.4) is 0 Å². The molecule has 0 fully saturated rings. The maximum absolute atomic E-state index is 13.0. The summed E-state index contributed by atoms with van der Waals surface area (Å²) in [5.74, 6) is -0.829. The molecule has 4 rings (SSSR count). The summed E-state index contributed by atoms with van der Waals surface area (Å²) in [6, 6.07) is 7.91. The summed E-state index contributed by atoms with van der Waals surface area (Å²) in [5, 5.41) is 2.56. The predicted molar refractivity (Wildman–Crippen MR) is 113 cm³/mol. The number of carbonyl (C=O) groups excluding carboxylic acids is 2. The third kappa shape index (κ3) is 4.18. The van der Waals surface area contributed by atoms with Gasteiger partial charge in [-0.25, -0.2) is 9.97 Å². The van der Waals surface area contributed by atoms with Gasteiger partial charge in [0.1, 0.15) is 12.9 Å². The number of benzene rings is 2. The Kier molecular flexibility index (Phi) is 5.41. The van der Waals surface area contributed by atoms with Gasteiger partial charge in [-0.15, -0.1) is 0 Å². The number of hydrogen-bond acceptors (Lipinski definition) is 4. The fraction of sp³-hybridized carbons (Fsp3) is 0.217. The zero-order valence-corrected chi connectivity index (χ0v) is 17.3. The quantitative estimate of drug-likeness (QED) is 0.659. The average Bonchev–Trinajstić information content (AvgIpc) is 2.83. The van der Waals surface area contributed by atoms with Crippen molar-refractivity contribution in [3.05, 3.63) is 71.2 Å². The van der Waals surface area contributed by atoms with E-state index in [1.807, 2.05) is 26.0 Å². The fourth-order valence-corrected chi connectivity index (χ4v) is 3.60. The number of aromatic nitrogens is 2. The van der Waals surface area contributed by atoms with Crippen LogP contribution in [-0.2, 0) is 22.2 Å². The van der Waals surface area contributed by atoms with Gasteiger partial charge in [0.25, 0.3) is 0 Å². The second kappa shape index (κ2) is 8.07. The summed E-state index contributed by atoms with van der Waals surface area (Å²) < 4.78 is 38.2. The van der Waals surface area contributed by atoms with E-state index in [-0.39, 0.29) is 24.6 Å². The molecule has 0 saturated heterocycles. The smallest absolute Gasteiger partial charge is 0.325 e. The number of alkyl halides is 3. The molecular weight excluding hydrogens is 421 g/mol. The van der Waals surface area contributed by atoms with Crippen molar-refractivity contribution in [2.75, 3.05) is 16.8 Å². The predicted octanol–water partition coefficient (Wildman–Crippen LogP) is 4.31. The Hall–Kier alpha value is -3.75. The molecule has 0 radical (unpaired) electrons. The molecule has 2 heterocycles. The van der Waals surface area contributed by atoms with Crippen LogP contribution in [-0.4, -0.2) is 28.3 Å². The summed E-state index contributed by atoms with van der Waals surface area (Å²) >= 11 is 0. The highest BCUT2D eigenvalue weighted by Crippen LogP contribution is 2.37. The molecule has 1 aliphatic heterocycles. The van der Waals surface area contributed by atoms with Crippen molar-refractivity contribution in [3.8, 4) is 11.3 Å². The number of anilines is 2. The normalized spacial score (nSPS) is 13.3. The molecule has 1 aliphatic rings. The molecule has 164 valence electrons. The van der Waals surface area contributed by atoms with Crippen LogP contribution in [0.1, 0.15) is 22.3 Å². The molecule has 3 aromatic rings. The summed E-state index contributed by atoms with van der Waals surface area (Å²) in [6.07, 6.45) is -1.44. The van der Waals surface area contributed by atoms with Crippen molar-refractivity contribution >= 4 is 23.2 Å². The SMILES string of the molecule is Cc1cc2c(cc1C)N(CC(=O)Nc1ccc(C(F)(F)F)cc1)C(=O)Cc1cncnc1-2. The second-order valence-electron chi connectivity index (χ2n) is 7.63. The monoisotopic (exact) mass is 440 g/mol. The van der Waals surface area contributed by atoms with E-state index in [1.165, 1.54) is 23.4 Å². The lowest BCUT2D eigenvalue weighted by Gasteiger charge is -2.23. The average molecular weight is 440 g/mol. The number of hydrogen-bond donors (Lipinski definition) is 1. The first kappa shape index (κ1) is 21.5. The van der Waals surface area contributed by atoms with Crippen LogP contribution in [0.25, 0.3) is 11.3 Å². The van der Waals surface area contributed by atoms with Gasteiger partial charge >= 0.3 is 6.18 Å². The number of fused-ring (bicyclic) bond motifs is 3. The van der Waals surface area contributed by atoms with E-state index in [1.54, 1.807) is 6.20 Å². The van der Waals surface area contributed by atoms with Crippen LogP contribution in [0.4, 0.5) is 24.5 Å². The highest BCUT2D eigenvalue weighted by Gasteiger charge is 2.31. The van der Waals surface area contributed by atoms with Crippen LogP contribution >= 0.6 is 0 Å². The lowest BCUT2D eigenvalue weighted by atomic mass is 9.99. The van der Waals surface area contributed by atoms with Gasteiger partial charge in [0.15, 0.2) is 0 Å². The molecule has 0 aliphatic carbocycles. The molecule has 0 unspecified atom stereocenters. The Balaban J connectivity index is 1.63. The standard InChI is InChI=1S/C23H19F3N4O2/c1-13-7-18-19(8-14(13)2)30(21(32)9-15-10-27-12-28-22(15)18)11-20(31)29-17-5-3-16(4-6-17)23(24,25)26/h3-8,10,12H,9,11H2,1-2H3,(H,29,31). The zero-order chi connectivity index (χ0) is 23.0. The highest BCUT2D eigenvalue weighted by molar-refractivity contribution is 6.07. The molecule has 0 atom stereocenters. The third-order valence-corrected chi connectivity index (χ3v) is 5.39. The molecule has 1 aromatic heterocycles. The number of rotatable bonds is 3. The van der Waals surface area contributed by atoms with Gasteiger partial charge in [-0.2, -0.15) is 13.2 Å². The molecule has 0 spiro atoms. The number of aryl methyl sites for hydroxylation is 2. The van der Waals surface area contributed by atoms with Gasteiger partial charge in [-0.3, -0.25) is 9.59 Å². The minimum absolute atomic E-state index is 0.0243. The van der Waals surface area contributed by atoms with E-state index < -0.39 is 17.6 Å². The molecule has 2 amide bonds. The Labute approximate surface area is 182 Å². The van der Waals surface area contributed by atoms with Crippen LogP contribution in [0.5, 0.6) is 0 Å². The van der Waals surface area contributed by atoms with Gasteiger partial charge in [-0.1, -0.05) is 0 Å². The van der Waals surface area contributed by atoms with E-state index in [9.17, 15) is 22.8 Å². The Morgan fingerprint density at radius 3 is 2.50 bits per heavy atom. The van der Waals surface area contributed by atoms with Crippen molar-refractivity contribution in [1.29, 1.82) is 0 Å². The summed E-state index contributed by atoms with van der Waals surface area (Å²) in [5.41, 5.74) is 3.93. The number of nitrogens with zero attached hydrogens (tertiary/aromatic N) is 3. The maximum Gasteiger partial charge on any atom is 0.416 e. The van der Waals surface area contributed by atoms with Crippen LogP contribution in [0.15, 0.2) is 48.9 Å². The van der Waals surface area contributed by atoms with E-state index in [2.05, 4.69) is 15.3 Å². The molecular formula is C23H19F3N4O2. The van der Waals surface area contributed by atoms with E-state index in [4.69, 9.17) is 0 Å². The number of nitrogens with one attached hydrogen (secondary N) is 1. The minimum atomic E-state index is -4.46. The lowest BCUT2D eigenvalue weighted by Crippen LogP contribution is -2.38. The van der Waals surface area contributed by atoms with E-state index in [0.29, 0.717) is 16.9 Å². The molecule has 1 N–H and O–H groups in total. The van der Waals surface area contributed by atoms with Crippen molar-refractivity contribution in [2.45, 2.75) is 26.4 Å². The van der Waals surface area contributed by atoms with Gasteiger partial charge in [-0.05, 0) is 61.4 Å². The molecule has 32 heavy (non-hydrogen) atoms. The first-order valence-corrected chi connectivity index (χ1v) is 9.81. The molecule has 0 saturated carbocycles. The Morgan fingerprint density at radius 2 is 1.81 bits per heavy atom. The van der Waals surface area contributed by atoms with Crippen LogP contribution in [0, 0.1) is 13.8 Å². The van der Waals surface area contributed by atoms with Crippen molar-refractivity contribution in [3.63, 3.8) is 0 Å². The molecule has 9 heteroatoms. The lowest BCUT2D eigenvalue weighted by molar-refractivity contribution is -0.137. The number of carbonyl (C=O) groups is 2. The molecule has 2 aromatic carbocycles. The van der Waals surface area contributed by atoms with E-state index in [0.717, 1.165) is 28.8 Å². The fourth-order valence-electron chi connectivity index (χ4n) is 3.60. The summed E-state index contributed by atoms with van der Waals surface area (Å²) in [4.78, 5) is 35.5. The second-order valence-corrected chi connectivity index (χ2v) is 7.63. The molecule has 6 nitrogen and oxygen atoms in total. The molecule has 0 bridgehead atoms. The number of halogens is 3. The van der Waals surface area contributed by atoms with Gasteiger partial charge < -0.3 is 10.2 Å². The first-order valence-electron chi connectivity index (χ1n) is 9.81. The maximum atomic E-state index is 13.0. The van der Waals surface area contributed by atoms with Gasteiger partial charge in [0.2, 0.25) is 11.8 Å². The first-order chi connectivity index (χ1) is 15.1. The third-order valence-electron chi connectivity index (χ3n) is 5.39. The Bertz CT molecular complexity index is 1210. The minimum Gasteiger partial charge on any atom is -0.325 e. The Morgan fingerprint density at radius 1 is 1.12 bits per heavy atom. The van der Waals surface area contributed by atoms with Crippen molar-refractivity contribution in [2.24, 2.45) is 0 Å². The van der Waals surface area contributed by atoms with Gasteiger partial charge in [0.05, 0.1) is 23.4 Å². The van der Waals surface area contributed by atoms with E-state index >= 15 is 0 Å². The van der Waals surface area contributed by atoms with Crippen LogP contribution in [0.2, 0.25) is 0 Å². The van der Waals surface area contributed by atoms with Crippen molar-refractivity contribution in [1.82, 2.24) is 9.97 Å². The summed E-state index contributed by atoms with van der Waals surface area (Å²) in [6.45, 7) is 3.56. The zero-order valence-electron chi connectivity index (χ0n) is 17.3. The summed E-state index contributed by atoms with van der Waals surface area (Å²) in [7, 11) is 0. The largest absolute Gasteiger partial charge is 0.416 e. The van der Waals surface area contributed by atoms with Crippen molar-refractivity contribution < 1.29 is 22.8 Å². The van der Waals surface area contributed by atoms with Gasteiger partial charge in [0, 0.05) is 23.0 Å². The number of amides is 2. The highest BCUT2D eigenvalue weighted by atomic mass is 19.4.